The number of benzene rings is 1. The van der Waals surface area contributed by atoms with E-state index >= 15 is 0 Å². The van der Waals surface area contributed by atoms with Crippen LogP contribution >= 0.6 is 11.8 Å². The smallest absolute Gasteiger partial charge is 0.333 e. The van der Waals surface area contributed by atoms with E-state index in [0.717, 1.165) is 6.54 Å². The van der Waals surface area contributed by atoms with Gasteiger partial charge in [0.2, 0.25) is 0 Å². The van der Waals surface area contributed by atoms with E-state index in [4.69, 9.17) is 4.74 Å². The number of nitrogens with one attached hydrogen (secondary N) is 1. The van der Waals surface area contributed by atoms with Gasteiger partial charge >= 0.3 is 5.69 Å². The molecular formula is C14H20N2O3S. The van der Waals surface area contributed by atoms with Crippen molar-refractivity contribution in [2.75, 3.05) is 30.0 Å². The van der Waals surface area contributed by atoms with Crippen LogP contribution in [0.5, 0.6) is 5.75 Å². The molecule has 0 amide bonds. The highest BCUT2D eigenvalue weighted by Gasteiger charge is 2.22. The maximum atomic E-state index is 11.3. The zero-order chi connectivity index (χ0) is 14.4. The van der Waals surface area contributed by atoms with Crippen molar-refractivity contribution in [3.05, 3.63) is 28.3 Å². The second-order valence-electron chi connectivity index (χ2n) is 4.78. The number of hydrogen-bond acceptors (Lipinski definition) is 5. The van der Waals surface area contributed by atoms with Crippen LogP contribution in [0, 0.1) is 16.0 Å². The first-order chi connectivity index (χ1) is 9.72. The van der Waals surface area contributed by atoms with E-state index in [2.05, 4.69) is 5.32 Å². The van der Waals surface area contributed by atoms with E-state index in [9.17, 15) is 10.1 Å². The summed E-state index contributed by atoms with van der Waals surface area (Å²) in [5.41, 5.74) is 0.596. The highest BCUT2D eigenvalue weighted by atomic mass is 32.2. The third-order valence-electron chi connectivity index (χ3n) is 3.40. The molecule has 0 radical (unpaired) electrons. The Bertz CT molecular complexity index is 462. The number of ether oxygens (including phenoxy) is 1. The van der Waals surface area contributed by atoms with Crippen molar-refractivity contribution in [3.8, 4) is 5.75 Å². The summed E-state index contributed by atoms with van der Waals surface area (Å²) in [6, 6.07) is 5.18. The molecule has 0 aliphatic carbocycles. The molecule has 1 aliphatic heterocycles. The molecule has 1 N–H and O–H groups in total. The molecule has 1 fully saturated rings. The Kier molecular flexibility index (Phi) is 5.52. The van der Waals surface area contributed by atoms with Crippen LogP contribution in [0.4, 0.5) is 11.4 Å². The number of nitrogens with zero attached hydrogens (tertiary/aromatic N) is 1. The van der Waals surface area contributed by atoms with Crippen molar-refractivity contribution in [3.63, 3.8) is 0 Å². The van der Waals surface area contributed by atoms with Crippen LogP contribution in [0.25, 0.3) is 0 Å². The fourth-order valence-electron chi connectivity index (χ4n) is 2.33. The van der Waals surface area contributed by atoms with Crippen LogP contribution < -0.4 is 10.1 Å². The number of nitro benzene ring substituents is 1. The van der Waals surface area contributed by atoms with Gasteiger partial charge in [0.1, 0.15) is 5.69 Å². The quantitative estimate of drug-likeness (QED) is 0.642. The molecule has 0 aromatic heterocycles. The molecule has 0 saturated carbocycles. The Morgan fingerprint density at radius 3 is 2.85 bits per heavy atom. The van der Waals surface area contributed by atoms with E-state index in [-0.39, 0.29) is 10.6 Å². The number of nitro groups is 1. The fourth-order valence-corrected chi connectivity index (χ4v) is 3.53. The van der Waals surface area contributed by atoms with Crippen LogP contribution in [-0.4, -0.2) is 29.6 Å². The molecule has 0 unspecified atom stereocenters. The Hall–Kier alpha value is -1.43. The molecule has 0 spiro atoms. The standard InChI is InChI=1S/C14H20N2O3S/c1-2-19-13-5-3-4-12(14(13)16(17)18)15-10-11-6-8-20-9-7-11/h3-5,11,15H,2,6-10H2,1H3. The van der Waals surface area contributed by atoms with Crippen molar-refractivity contribution < 1.29 is 9.66 Å². The topological polar surface area (TPSA) is 64.4 Å². The number of thioether (sulfide) groups is 1. The van der Waals surface area contributed by atoms with Gasteiger partial charge < -0.3 is 10.1 Å². The molecule has 6 heteroatoms. The predicted octanol–water partition coefficient (Wildman–Crippen LogP) is 3.55. The van der Waals surface area contributed by atoms with Gasteiger partial charge in [-0.05, 0) is 49.3 Å². The Morgan fingerprint density at radius 1 is 1.45 bits per heavy atom. The number of anilines is 1. The van der Waals surface area contributed by atoms with Crippen LogP contribution in [-0.2, 0) is 0 Å². The summed E-state index contributed by atoms with van der Waals surface area (Å²) >= 11 is 1.98. The molecule has 110 valence electrons. The lowest BCUT2D eigenvalue weighted by Gasteiger charge is -2.22. The average Bonchev–Trinajstić information content (AvgIpc) is 2.46. The molecule has 1 heterocycles. The van der Waals surface area contributed by atoms with Gasteiger partial charge in [-0.2, -0.15) is 11.8 Å². The van der Waals surface area contributed by atoms with Gasteiger partial charge in [-0.15, -0.1) is 0 Å². The minimum Gasteiger partial charge on any atom is -0.487 e. The maximum absolute atomic E-state index is 11.3. The zero-order valence-corrected chi connectivity index (χ0v) is 12.4. The summed E-state index contributed by atoms with van der Waals surface area (Å²) in [5, 5.41) is 14.5. The Labute approximate surface area is 123 Å². The van der Waals surface area contributed by atoms with E-state index < -0.39 is 0 Å². The first-order valence-corrected chi connectivity index (χ1v) is 8.09. The normalized spacial score (nSPS) is 15.8. The van der Waals surface area contributed by atoms with E-state index in [1.165, 1.54) is 24.3 Å². The minimum absolute atomic E-state index is 0.0412. The van der Waals surface area contributed by atoms with Crippen molar-refractivity contribution >= 4 is 23.1 Å². The highest BCUT2D eigenvalue weighted by molar-refractivity contribution is 7.99. The number of para-hydroxylation sites is 1. The van der Waals surface area contributed by atoms with E-state index in [1.807, 2.05) is 18.7 Å². The van der Waals surface area contributed by atoms with Gasteiger partial charge in [-0.3, -0.25) is 10.1 Å². The average molecular weight is 296 g/mol. The summed E-state index contributed by atoms with van der Waals surface area (Å²) in [4.78, 5) is 10.9. The fraction of sp³-hybridized carbons (Fsp3) is 0.571. The second-order valence-corrected chi connectivity index (χ2v) is 6.00. The number of hydrogen-bond donors (Lipinski definition) is 1. The summed E-state index contributed by atoms with van der Waals surface area (Å²) in [6.45, 7) is 3.03. The zero-order valence-electron chi connectivity index (χ0n) is 11.6. The lowest BCUT2D eigenvalue weighted by Crippen LogP contribution is -2.19. The summed E-state index contributed by atoms with van der Waals surface area (Å²) in [6.07, 6.45) is 2.35. The Balaban J connectivity index is 2.09. The third-order valence-corrected chi connectivity index (χ3v) is 4.45. The maximum Gasteiger partial charge on any atom is 0.333 e. The van der Waals surface area contributed by atoms with E-state index in [1.54, 1.807) is 18.2 Å². The van der Waals surface area contributed by atoms with Crippen molar-refractivity contribution in [2.45, 2.75) is 19.8 Å². The predicted molar refractivity (Wildman–Crippen MR) is 82.8 cm³/mol. The molecule has 0 atom stereocenters. The molecule has 1 saturated heterocycles. The molecule has 1 aliphatic rings. The molecule has 5 nitrogen and oxygen atoms in total. The van der Waals surface area contributed by atoms with E-state index in [0.29, 0.717) is 24.0 Å². The van der Waals surface area contributed by atoms with Gasteiger partial charge in [0.25, 0.3) is 0 Å². The van der Waals surface area contributed by atoms with Crippen LogP contribution in [0.1, 0.15) is 19.8 Å². The third kappa shape index (κ3) is 3.79. The van der Waals surface area contributed by atoms with Crippen molar-refractivity contribution in [2.24, 2.45) is 5.92 Å². The SMILES string of the molecule is CCOc1cccc(NCC2CCSCC2)c1[N+](=O)[O-]. The van der Waals surface area contributed by atoms with Crippen LogP contribution in [0.3, 0.4) is 0 Å². The molecular weight excluding hydrogens is 276 g/mol. The lowest BCUT2D eigenvalue weighted by molar-refractivity contribution is -0.384. The molecule has 2 rings (SSSR count). The Morgan fingerprint density at radius 2 is 2.20 bits per heavy atom. The van der Waals surface area contributed by atoms with Gasteiger partial charge in [0.15, 0.2) is 5.75 Å². The van der Waals surface area contributed by atoms with Crippen LogP contribution in [0.2, 0.25) is 0 Å². The molecule has 1 aromatic rings. The largest absolute Gasteiger partial charge is 0.487 e. The van der Waals surface area contributed by atoms with Gasteiger partial charge in [-0.25, -0.2) is 0 Å². The lowest BCUT2D eigenvalue weighted by atomic mass is 10.0. The first kappa shape index (κ1) is 15.0. The molecule has 0 bridgehead atoms. The van der Waals surface area contributed by atoms with Gasteiger partial charge in [0, 0.05) is 6.54 Å². The van der Waals surface area contributed by atoms with Gasteiger partial charge in [-0.1, -0.05) is 6.07 Å². The molecule has 20 heavy (non-hydrogen) atoms. The first-order valence-electron chi connectivity index (χ1n) is 6.94. The second kappa shape index (κ2) is 7.38. The van der Waals surface area contributed by atoms with Crippen molar-refractivity contribution in [1.29, 1.82) is 0 Å². The highest BCUT2D eigenvalue weighted by Crippen LogP contribution is 2.35. The van der Waals surface area contributed by atoms with Crippen LogP contribution in [0.15, 0.2) is 18.2 Å². The molecule has 1 aromatic carbocycles. The minimum atomic E-state index is -0.371. The summed E-state index contributed by atoms with van der Waals surface area (Å²) in [5.74, 6) is 3.31. The number of rotatable bonds is 6. The van der Waals surface area contributed by atoms with Crippen molar-refractivity contribution in [1.82, 2.24) is 0 Å². The summed E-state index contributed by atoms with van der Waals surface area (Å²) < 4.78 is 5.35. The summed E-state index contributed by atoms with van der Waals surface area (Å²) in [7, 11) is 0. The van der Waals surface area contributed by atoms with Gasteiger partial charge in [0.05, 0.1) is 11.5 Å². The monoisotopic (exact) mass is 296 g/mol.